The lowest BCUT2D eigenvalue weighted by atomic mass is 10.2. The second-order valence-corrected chi connectivity index (χ2v) is 6.48. The van der Waals surface area contributed by atoms with Crippen LogP contribution in [0.25, 0.3) is 0 Å². The highest BCUT2D eigenvalue weighted by molar-refractivity contribution is 7.91. The molecule has 1 aromatic carbocycles. The molecule has 21 heavy (non-hydrogen) atoms. The zero-order chi connectivity index (χ0) is 16.0. The van der Waals surface area contributed by atoms with Crippen LogP contribution in [0.2, 0.25) is 0 Å². The van der Waals surface area contributed by atoms with Gasteiger partial charge < -0.3 is 15.2 Å². The summed E-state index contributed by atoms with van der Waals surface area (Å²) in [5.41, 5.74) is 0.189. The Labute approximate surface area is 122 Å². The van der Waals surface area contributed by atoms with Crippen LogP contribution in [0.3, 0.4) is 0 Å². The molecule has 0 aliphatic rings. The number of hydrogen-bond acceptors (Lipinski definition) is 5. The van der Waals surface area contributed by atoms with Crippen LogP contribution in [0.1, 0.15) is 17.3 Å². The largest absolute Gasteiger partial charge is 0.480 e. The summed E-state index contributed by atoms with van der Waals surface area (Å²) in [6, 6.07) is 4.27. The van der Waals surface area contributed by atoms with Crippen LogP contribution in [0.4, 0.5) is 0 Å². The molecule has 7 nitrogen and oxygen atoms in total. The first-order valence-electron chi connectivity index (χ1n) is 6.13. The number of carboxylic acids is 1. The molecule has 0 fully saturated rings. The lowest BCUT2D eigenvalue weighted by molar-refractivity contribution is -0.138. The third-order valence-electron chi connectivity index (χ3n) is 2.75. The van der Waals surface area contributed by atoms with Crippen molar-refractivity contribution in [3.8, 4) is 0 Å². The average Bonchev–Trinajstić information content (AvgIpc) is 2.45. The smallest absolute Gasteiger partial charge is 0.325 e. The number of hydrogen-bond donors (Lipinski definition) is 2. The van der Waals surface area contributed by atoms with Gasteiger partial charge in [-0.05, 0) is 31.2 Å². The number of rotatable bonds is 7. The van der Waals surface area contributed by atoms with Crippen LogP contribution in [-0.2, 0) is 19.4 Å². The van der Waals surface area contributed by atoms with Gasteiger partial charge in [-0.15, -0.1) is 0 Å². The van der Waals surface area contributed by atoms with E-state index in [4.69, 9.17) is 9.84 Å². The predicted molar refractivity (Wildman–Crippen MR) is 74.9 cm³/mol. The number of nitrogens with one attached hydrogen (secondary N) is 1. The van der Waals surface area contributed by atoms with Crippen molar-refractivity contribution in [2.24, 2.45) is 0 Å². The Kier molecular flexibility index (Phi) is 5.86. The Morgan fingerprint density at radius 3 is 2.33 bits per heavy atom. The van der Waals surface area contributed by atoms with E-state index in [1.165, 1.54) is 38.3 Å². The first kappa shape index (κ1) is 17.1. The molecule has 1 rings (SSSR count). The molecule has 0 aromatic heterocycles. The molecular formula is C13H17NO6S. The molecule has 0 heterocycles. The maximum Gasteiger partial charge on any atom is 0.325 e. The molecule has 116 valence electrons. The summed E-state index contributed by atoms with van der Waals surface area (Å²) in [7, 11) is -2.04. The highest BCUT2D eigenvalue weighted by Gasteiger charge is 2.17. The third-order valence-corrected chi connectivity index (χ3v) is 4.44. The van der Waals surface area contributed by atoms with Crippen molar-refractivity contribution in [3.05, 3.63) is 29.8 Å². The molecule has 8 heteroatoms. The molecule has 0 spiro atoms. The first-order chi connectivity index (χ1) is 9.77. The monoisotopic (exact) mass is 315 g/mol. The van der Waals surface area contributed by atoms with Gasteiger partial charge in [0.25, 0.3) is 5.91 Å². The molecule has 0 aliphatic heterocycles. The van der Waals surface area contributed by atoms with E-state index < -0.39 is 27.8 Å². The topological polar surface area (TPSA) is 110 Å². The van der Waals surface area contributed by atoms with E-state index in [1.54, 1.807) is 0 Å². The Morgan fingerprint density at radius 1 is 1.29 bits per heavy atom. The second kappa shape index (κ2) is 7.19. The van der Waals surface area contributed by atoms with Crippen molar-refractivity contribution < 1.29 is 27.9 Å². The maximum atomic E-state index is 11.9. The third kappa shape index (κ3) is 4.83. The molecule has 0 bridgehead atoms. The number of sulfone groups is 1. The van der Waals surface area contributed by atoms with Crippen LogP contribution in [-0.4, -0.2) is 50.9 Å². The predicted octanol–water partition coefficient (Wildman–Crippen LogP) is 0.310. The minimum atomic E-state index is -3.45. The lowest BCUT2D eigenvalue weighted by Crippen LogP contribution is -2.38. The minimum Gasteiger partial charge on any atom is -0.480 e. The van der Waals surface area contributed by atoms with Crippen molar-refractivity contribution in [2.75, 3.05) is 19.5 Å². The molecule has 0 saturated carbocycles. The van der Waals surface area contributed by atoms with Crippen LogP contribution in [0.15, 0.2) is 29.2 Å². The molecule has 0 radical (unpaired) electrons. The Morgan fingerprint density at radius 2 is 1.86 bits per heavy atom. The number of amides is 1. The molecule has 1 amide bonds. The SMILES string of the molecule is COCCS(=O)(=O)c1ccc(C(=O)N[C@H](C)C(=O)O)cc1. The quantitative estimate of drug-likeness (QED) is 0.749. The molecule has 2 N–H and O–H groups in total. The summed E-state index contributed by atoms with van der Waals surface area (Å²) in [6.45, 7) is 1.42. The van der Waals surface area contributed by atoms with Crippen LogP contribution < -0.4 is 5.32 Å². The average molecular weight is 315 g/mol. The molecule has 1 atom stereocenters. The Balaban J connectivity index is 2.83. The summed E-state index contributed by atoms with van der Waals surface area (Å²) >= 11 is 0. The van der Waals surface area contributed by atoms with E-state index in [1.807, 2.05) is 0 Å². The minimum absolute atomic E-state index is 0.0840. The van der Waals surface area contributed by atoms with Crippen molar-refractivity contribution in [3.63, 3.8) is 0 Å². The summed E-state index contributed by atoms with van der Waals surface area (Å²) in [4.78, 5) is 22.5. The lowest BCUT2D eigenvalue weighted by Gasteiger charge is -2.09. The van der Waals surface area contributed by atoms with Crippen LogP contribution >= 0.6 is 0 Å². The zero-order valence-corrected chi connectivity index (χ0v) is 12.5. The van der Waals surface area contributed by atoms with Crippen LogP contribution in [0.5, 0.6) is 0 Å². The van der Waals surface area contributed by atoms with Gasteiger partial charge in [0, 0.05) is 12.7 Å². The van der Waals surface area contributed by atoms with E-state index in [2.05, 4.69) is 5.32 Å². The summed E-state index contributed by atoms with van der Waals surface area (Å²) < 4.78 is 28.5. The van der Waals surface area contributed by atoms with E-state index in [9.17, 15) is 18.0 Å². The molecule has 0 unspecified atom stereocenters. The summed E-state index contributed by atoms with van der Waals surface area (Å²) in [5, 5.41) is 11.0. The summed E-state index contributed by atoms with van der Waals surface area (Å²) in [6.07, 6.45) is 0. The van der Waals surface area contributed by atoms with Gasteiger partial charge in [0.2, 0.25) is 0 Å². The zero-order valence-electron chi connectivity index (χ0n) is 11.7. The number of carboxylic acid groups (broad SMARTS) is 1. The van der Waals surface area contributed by atoms with E-state index in [0.29, 0.717) is 0 Å². The fourth-order valence-corrected chi connectivity index (χ4v) is 2.64. The van der Waals surface area contributed by atoms with Gasteiger partial charge in [-0.3, -0.25) is 9.59 Å². The fraction of sp³-hybridized carbons (Fsp3) is 0.385. The van der Waals surface area contributed by atoms with Crippen molar-refractivity contribution in [1.29, 1.82) is 0 Å². The van der Waals surface area contributed by atoms with Crippen molar-refractivity contribution in [2.45, 2.75) is 17.9 Å². The normalized spacial score (nSPS) is 12.7. The Bertz CT molecular complexity index is 608. The highest BCUT2D eigenvalue weighted by Crippen LogP contribution is 2.12. The Hall–Kier alpha value is -1.93. The maximum absolute atomic E-state index is 11.9. The number of carbonyl (C=O) groups is 2. The second-order valence-electron chi connectivity index (χ2n) is 4.37. The van der Waals surface area contributed by atoms with Gasteiger partial charge in [0.15, 0.2) is 9.84 Å². The first-order valence-corrected chi connectivity index (χ1v) is 7.78. The van der Waals surface area contributed by atoms with Crippen LogP contribution in [0, 0.1) is 0 Å². The molecule has 0 aliphatic carbocycles. The highest BCUT2D eigenvalue weighted by atomic mass is 32.2. The fourth-order valence-electron chi connectivity index (χ4n) is 1.47. The molecule has 0 saturated heterocycles. The van der Waals surface area contributed by atoms with Crippen molar-refractivity contribution >= 4 is 21.7 Å². The summed E-state index contributed by atoms with van der Waals surface area (Å²) in [5.74, 6) is -1.88. The standard InChI is InChI=1S/C13H17NO6S/c1-9(13(16)17)14-12(15)10-3-5-11(6-4-10)21(18,19)8-7-20-2/h3-6,9H,7-8H2,1-2H3,(H,14,15)(H,16,17)/t9-/m1/s1. The van der Waals surface area contributed by atoms with Crippen molar-refractivity contribution in [1.82, 2.24) is 5.32 Å². The number of benzene rings is 1. The van der Waals surface area contributed by atoms with Gasteiger partial charge in [-0.25, -0.2) is 8.42 Å². The van der Waals surface area contributed by atoms with Gasteiger partial charge in [-0.1, -0.05) is 0 Å². The van der Waals surface area contributed by atoms with Gasteiger partial charge in [-0.2, -0.15) is 0 Å². The van der Waals surface area contributed by atoms with E-state index in [0.717, 1.165) is 0 Å². The van der Waals surface area contributed by atoms with Gasteiger partial charge in [0.1, 0.15) is 6.04 Å². The van der Waals surface area contributed by atoms with Gasteiger partial charge in [0.05, 0.1) is 17.3 Å². The van der Waals surface area contributed by atoms with Gasteiger partial charge >= 0.3 is 5.97 Å². The number of methoxy groups -OCH3 is 1. The number of aliphatic carboxylic acids is 1. The number of ether oxygens (including phenoxy) is 1. The van der Waals surface area contributed by atoms with E-state index >= 15 is 0 Å². The number of carbonyl (C=O) groups excluding carboxylic acids is 1. The molecular weight excluding hydrogens is 298 g/mol. The molecule has 1 aromatic rings. The van der Waals surface area contributed by atoms with E-state index in [-0.39, 0.29) is 22.8 Å².